The second-order valence-corrected chi connectivity index (χ2v) is 4.85. The molecule has 2 N–H and O–H groups in total. The third kappa shape index (κ3) is 1.55. The van der Waals surface area contributed by atoms with E-state index in [1.165, 1.54) is 25.7 Å². The zero-order chi connectivity index (χ0) is 7.68. The molecule has 0 radical (unpaired) electrons. The number of hydrogen-bond donors (Lipinski definition) is 2. The van der Waals surface area contributed by atoms with E-state index in [2.05, 4.69) is 5.32 Å². The minimum absolute atomic E-state index is 0.289. The monoisotopic (exact) mass is 173 g/mol. The summed E-state index contributed by atoms with van der Waals surface area (Å²) in [6.45, 7) is 0.289. The van der Waals surface area contributed by atoms with Crippen molar-refractivity contribution in [3.63, 3.8) is 0 Å². The van der Waals surface area contributed by atoms with Gasteiger partial charge in [0, 0.05) is 11.3 Å². The summed E-state index contributed by atoms with van der Waals surface area (Å²) in [6.07, 6.45) is 5.41. The molecule has 0 spiro atoms. The molecule has 1 saturated heterocycles. The maximum absolute atomic E-state index is 8.93. The summed E-state index contributed by atoms with van der Waals surface area (Å²) in [5, 5.41) is 13.5. The Balaban J connectivity index is 1.92. The Morgan fingerprint density at radius 3 is 2.91 bits per heavy atom. The summed E-state index contributed by atoms with van der Waals surface area (Å²) in [5.41, 5.74) is 0. The fourth-order valence-corrected chi connectivity index (χ4v) is 3.50. The Morgan fingerprint density at radius 1 is 1.36 bits per heavy atom. The molecule has 0 amide bonds. The topological polar surface area (TPSA) is 32.3 Å². The molecule has 1 saturated carbocycles. The van der Waals surface area contributed by atoms with Gasteiger partial charge in [0.25, 0.3) is 0 Å². The molecular formula is C8H15NOS. The lowest BCUT2D eigenvalue weighted by Gasteiger charge is -2.23. The molecule has 2 aliphatic rings. The van der Waals surface area contributed by atoms with Gasteiger partial charge < -0.3 is 5.11 Å². The van der Waals surface area contributed by atoms with Gasteiger partial charge in [0.05, 0.1) is 12.0 Å². The van der Waals surface area contributed by atoms with Gasteiger partial charge in [-0.1, -0.05) is 12.8 Å². The van der Waals surface area contributed by atoms with Gasteiger partial charge in [0.15, 0.2) is 0 Å². The number of rotatable bonds is 1. The highest BCUT2D eigenvalue weighted by Gasteiger charge is 2.34. The lowest BCUT2D eigenvalue weighted by molar-refractivity contribution is 0.271. The Morgan fingerprint density at radius 2 is 2.18 bits per heavy atom. The molecule has 11 heavy (non-hydrogen) atoms. The summed E-state index contributed by atoms with van der Waals surface area (Å²) >= 11 is 1.93. The Labute approximate surface area is 71.7 Å². The van der Waals surface area contributed by atoms with Crippen LogP contribution in [-0.4, -0.2) is 28.4 Å². The highest BCUT2D eigenvalue weighted by atomic mass is 32.2. The molecule has 3 unspecified atom stereocenters. The number of aliphatic hydroxyl groups excluding tert-OH is 1. The molecule has 2 nitrogen and oxygen atoms in total. The molecule has 1 aliphatic heterocycles. The first-order valence-corrected chi connectivity index (χ1v) is 5.37. The number of thioether (sulfide) groups is 1. The van der Waals surface area contributed by atoms with Crippen LogP contribution in [0.3, 0.4) is 0 Å². The summed E-state index contributed by atoms with van der Waals surface area (Å²) in [4.78, 5) is 0. The second-order valence-electron chi connectivity index (χ2n) is 3.40. The first kappa shape index (κ1) is 7.90. The molecule has 64 valence electrons. The fourth-order valence-electron chi connectivity index (χ4n) is 2.04. The summed E-state index contributed by atoms with van der Waals surface area (Å²) in [5.74, 6) is 0. The third-order valence-corrected chi connectivity index (χ3v) is 4.13. The normalized spacial score (nSPS) is 43.9. The van der Waals surface area contributed by atoms with E-state index < -0.39 is 0 Å². The van der Waals surface area contributed by atoms with E-state index in [1.54, 1.807) is 0 Å². The van der Waals surface area contributed by atoms with Crippen LogP contribution in [0.1, 0.15) is 25.7 Å². The Hall–Kier alpha value is 0.270. The van der Waals surface area contributed by atoms with Crippen LogP contribution in [0.5, 0.6) is 0 Å². The van der Waals surface area contributed by atoms with Crippen LogP contribution in [0.4, 0.5) is 0 Å². The molecule has 2 fully saturated rings. The van der Waals surface area contributed by atoms with Crippen molar-refractivity contribution in [3.05, 3.63) is 0 Å². The van der Waals surface area contributed by atoms with Gasteiger partial charge in [0.2, 0.25) is 0 Å². The van der Waals surface area contributed by atoms with Gasteiger partial charge in [-0.2, -0.15) is 0 Å². The smallest absolute Gasteiger partial charge is 0.0772 e. The van der Waals surface area contributed by atoms with Crippen molar-refractivity contribution in [3.8, 4) is 0 Å². The average molecular weight is 173 g/mol. The molecule has 0 bridgehead atoms. The highest BCUT2D eigenvalue weighted by molar-refractivity contribution is 8.00. The molecule has 0 aromatic heterocycles. The van der Waals surface area contributed by atoms with Crippen molar-refractivity contribution >= 4 is 11.8 Å². The van der Waals surface area contributed by atoms with Crippen LogP contribution in [0.15, 0.2) is 0 Å². The molecular weight excluding hydrogens is 158 g/mol. The Bertz CT molecular complexity index is 128. The van der Waals surface area contributed by atoms with Crippen LogP contribution >= 0.6 is 11.8 Å². The van der Waals surface area contributed by atoms with Crippen molar-refractivity contribution < 1.29 is 5.11 Å². The van der Waals surface area contributed by atoms with Crippen LogP contribution in [0.2, 0.25) is 0 Å². The zero-order valence-corrected chi connectivity index (χ0v) is 7.44. The SMILES string of the molecule is OCC1NC2CCCCC2S1. The molecule has 0 aromatic rings. The quantitative estimate of drug-likeness (QED) is 0.619. The van der Waals surface area contributed by atoms with E-state index >= 15 is 0 Å². The lowest BCUT2D eigenvalue weighted by Crippen LogP contribution is -2.36. The average Bonchev–Trinajstić information content (AvgIpc) is 2.46. The van der Waals surface area contributed by atoms with Gasteiger partial charge in [-0.05, 0) is 12.8 Å². The first-order valence-electron chi connectivity index (χ1n) is 4.42. The lowest BCUT2D eigenvalue weighted by atomic mass is 9.95. The van der Waals surface area contributed by atoms with Crippen molar-refractivity contribution in [2.24, 2.45) is 0 Å². The van der Waals surface area contributed by atoms with Crippen LogP contribution in [0.25, 0.3) is 0 Å². The maximum atomic E-state index is 8.93. The van der Waals surface area contributed by atoms with Crippen molar-refractivity contribution in [2.75, 3.05) is 6.61 Å². The minimum Gasteiger partial charge on any atom is -0.394 e. The van der Waals surface area contributed by atoms with E-state index in [0.29, 0.717) is 11.4 Å². The fraction of sp³-hybridized carbons (Fsp3) is 1.00. The molecule has 1 heterocycles. The van der Waals surface area contributed by atoms with Crippen molar-refractivity contribution in [1.82, 2.24) is 5.32 Å². The first-order chi connectivity index (χ1) is 5.40. The number of hydrogen-bond acceptors (Lipinski definition) is 3. The van der Waals surface area contributed by atoms with Gasteiger partial charge in [0.1, 0.15) is 0 Å². The predicted octanol–water partition coefficient (Wildman–Crippen LogP) is 0.952. The van der Waals surface area contributed by atoms with Crippen LogP contribution in [0, 0.1) is 0 Å². The highest BCUT2D eigenvalue weighted by Crippen LogP contribution is 2.36. The van der Waals surface area contributed by atoms with Gasteiger partial charge >= 0.3 is 0 Å². The summed E-state index contributed by atoms with van der Waals surface area (Å²) < 4.78 is 0. The second kappa shape index (κ2) is 3.33. The van der Waals surface area contributed by atoms with E-state index in [0.717, 1.165) is 5.25 Å². The van der Waals surface area contributed by atoms with E-state index in [1.807, 2.05) is 11.8 Å². The molecule has 3 atom stereocenters. The van der Waals surface area contributed by atoms with Gasteiger partial charge in [-0.25, -0.2) is 0 Å². The summed E-state index contributed by atoms with van der Waals surface area (Å²) in [7, 11) is 0. The van der Waals surface area contributed by atoms with E-state index in [-0.39, 0.29) is 6.61 Å². The summed E-state index contributed by atoms with van der Waals surface area (Å²) in [6, 6.07) is 0.700. The molecule has 2 rings (SSSR count). The van der Waals surface area contributed by atoms with Gasteiger partial charge in [-0.3, -0.25) is 5.32 Å². The predicted molar refractivity (Wildman–Crippen MR) is 47.6 cm³/mol. The Kier molecular flexibility index (Phi) is 2.39. The number of fused-ring (bicyclic) bond motifs is 1. The van der Waals surface area contributed by atoms with Crippen molar-refractivity contribution in [1.29, 1.82) is 0 Å². The third-order valence-electron chi connectivity index (χ3n) is 2.61. The largest absolute Gasteiger partial charge is 0.394 e. The van der Waals surface area contributed by atoms with Crippen LogP contribution in [-0.2, 0) is 0 Å². The number of aliphatic hydroxyl groups is 1. The van der Waals surface area contributed by atoms with E-state index in [9.17, 15) is 0 Å². The zero-order valence-electron chi connectivity index (χ0n) is 6.62. The molecule has 1 aliphatic carbocycles. The minimum atomic E-state index is 0.289. The molecule has 3 heteroatoms. The van der Waals surface area contributed by atoms with Gasteiger partial charge in [-0.15, -0.1) is 11.8 Å². The van der Waals surface area contributed by atoms with Crippen molar-refractivity contribution in [2.45, 2.75) is 42.3 Å². The standard InChI is InChI=1S/C8H15NOS/c10-5-8-9-6-3-1-2-4-7(6)11-8/h6-10H,1-5H2. The molecule has 0 aromatic carbocycles. The van der Waals surface area contributed by atoms with Crippen LogP contribution < -0.4 is 5.32 Å². The number of nitrogens with one attached hydrogen (secondary N) is 1. The maximum Gasteiger partial charge on any atom is 0.0772 e. The van der Waals surface area contributed by atoms with E-state index in [4.69, 9.17) is 5.11 Å².